The van der Waals surface area contributed by atoms with Gasteiger partial charge in [-0.05, 0) is 18.1 Å². The summed E-state index contributed by atoms with van der Waals surface area (Å²) in [6.45, 7) is 4.06. The minimum Gasteiger partial charge on any atom is -0.480 e. The van der Waals surface area contributed by atoms with E-state index in [0.29, 0.717) is 27.6 Å². The van der Waals surface area contributed by atoms with E-state index in [4.69, 9.17) is 32.7 Å². The molecular weight excluding hydrogens is 379 g/mol. The van der Waals surface area contributed by atoms with E-state index in [-0.39, 0.29) is 5.92 Å². The molecule has 0 aliphatic rings. The monoisotopic (exact) mass is 390 g/mol. The number of benzene rings is 1. The SMILES string of the molecule is COc1nnc(Oc2c(Cl)cc(Br)cc2Cl)cc1C(C)C. The second-order valence-corrected chi connectivity index (χ2v) is 6.33. The first-order valence-corrected chi connectivity index (χ1v) is 7.71. The molecule has 21 heavy (non-hydrogen) atoms. The quantitative estimate of drug-likeness (QED) is 0.692. The van der Waals surface area contributed by atoms with Gasteiger partial charge < -0.3 is 9.47 Å². The summed E-state index contributed by atoms with van der Waals surface area (Å²) in [6.07, 6.45) is 0. The maximum Gasteiger partial charge on any atom is 0.239 e. The Balaban J connectivity index is 2.39. The molecular formula is C14H13BrCl2N2O2. The van der Waals surface area contributed by atoms with Crippen molar-refractivity contribution < 1.29 is 9.47 Å². The topological polar surface area (TPSA) is 44.2 Å². The van der Waals surface area contributed by atoms with E-state index in [1.165, 1.54) is 0 Å². The highest BCUT2D eigenvalue weighted by Crippen LogP contribution is 2.39. The molecule has 0 saturated heterocycles. The molecule has 7 heteroatoms. The van der Waals surface area contributed by atoms with Gasteiger partial charge in [-0.1, -0.05) is 53.0 Å². The number of ether oxygens (including phenoxy) is 2. The van der Waals surface area contributed by atoms with Crippen LogP contribution in [0.25, 0.3) is 0 Å². The van der Waals surface area contributed by atoms with Crippen molar-refractivity contribution in [2.24, 2.45) is 0 Å². The van der Waals surface area contributed by atoms with Crippen molar-refractivity contribution in [3.63, 3.8) is 0 Å². The standard InChI is InChI=1S/C14H13BrCl2N2O2/c1-7(2)9-6-12(18-19-14(9)20-3)21-13-10(16)4-8(15)5-11(13)17/h4-7H,1-3H3. The van der Waals surface area contributed by atoms with Crippen LogP contribution in [0.4, 0.5) is 0 Å². The number of aromatic nitrogens is 2. The molecule has 1 aromatic heterocycles. The van der Waals surface area contributed by atoms with Crippen LogP contribution in [-0.2, 0) is 0 Å². The summed E-state index contributed by atoms with van der Waals surface area (Å²) in [5, 5.41) is 8.74. The van der Waals surface area contributed by atoms with Crippen LogP contribution in [0.2, 0.25) is 10.0 Å². The second-order valence-electron chi connectivity index (χ2n) is 4.60. The fourth-order valence-corrected chi connectivity index (χ4v) is 3.01. The van der Waals surface area contributed by atoms with Gasteiger partial charge in [-0.25, -0.2) is 0 Å². The molecule has 0 saturated carbocycles. The third kappa shape index (κ3) is 3.78. The molecule has 2 aromatic rings. The van der Waals surface area contributed by atoms with Crippen LogP contribution < -0.4 is 9.47 Å². The molecule has 0 unspecified atom stereocenters. The molecule has 0 fully saturated rings. The molecule has 0 aliphatic heterocycles. The number of methoxy groups -OCH3 is 1. The van der Waals surface area contributed by atoms with Crippen molar-refractivity contribution >= 4 is 39.1 Å². The molecule has 0 radical (unpaired) electrons. The minimum absolute atomic E-state index is 0.216. The normalized spacial score (nSPS) is 10.8. The summed E-state index contributed by atoms with van der Waals surface area (Å²) in [6, 6.07) is 5.16. The average Bonchev–Trinajstić information content (AvgIpc) is 2.42. The Morgan fingerprint density at radius 3 is 2.24 bits per heavy atom. The van der Waals surface area contributed by atoms with Gasteiger partial charge in [-0.3, -0.25) is 0 Å². The van der Waals surface area contributed by atoms with E-state index in [1.807, 2.05) is 13.8 Å². The van der Waals surface area contributed by atoms with Gasteiger partial charge in [0.2, 0.25) is 11.8 Å². The average molecular weight is 392 g/mol. The van der Waals surface area contributed by atoms with Crippen molar-refractivity contribution in [1.29, 1.82) is 0 Å². The van der Waals surface area contributed by atoms with Crippen molar-refractivity contribution in [2.75, 3.05) is 7.11 Å². The van der Waals surface area contributed by atoms with Crippen LogP contribution in [0.1, 0.15) is 25.3 Å². The third-order valence-corrected chi connectivity index (χ3v) is 3.77. The van der Waals surface area contributed by atoms with Crippen molar-refractivity contribution in [3.8, 4) is 17.5 Å². The summed E-state index contributed by atoms with van der Waals surface area (Å²) in [5.74, 6) is 1.35. The predicted molar refractivity (Wildman–Crippen MR) is 86.9 cm³/mol. The summed E-state index contributed by atoms with van der Waals surface area (Å²) in [7, 11) is 1.55. The number of nitrogens with zero attached hydrogens (tertiary/aromatic N) is 2. The highest BCUT2D eigenvalue weighted by atomic mass is 79.9. The smallest absolute Gasteiger partial charge is 0.239 e. The van der Waals surface area contributed by atoms with E-state index in [9.17, 15) is 0 Å². The lowest BCUT2D eigenvalue weighted by atomic mass is 10.1. The van der Waals surface area contributed by atoms with Crippen molar-refractivity contribution in [3.05, 3.63) is 38.3 Å². The molecule has 1 aromatic carbocycles. The maximum atomic E-state index is 6.13. The fraction of sp³-hybridized carbons (Fsp3) is 0.286. The Morgan fingerprint density at radius 2 is 1.71 bits per heavy atom. The summed E-state index contributed by atoms with van der Waals surface area (Å²) >= 11 is 15.6. The van der Waals surface area contributed by atoms with E-state index in [1.54, 1.807) is 25.3 Å². The van der Waals surface area contributed by atoms with Crippen LogP contribution in [0.3, 0.4) is 0 Å². The first-order chi connectivity index (χ1) is 9.92. The molecule has 0 N–H and O–H groups in total. The van der Waals surface area contributed by atoms with Gasteiger partial charge in [0.15, 0.2) is 5.75 Å². The minimum atomic E-state index is 0.216. The molecule has 1 heterocycles. The molecule has 2 rings (SSSR count). The van der Waals surface area contributed by atoms with Crippen LogP contribution >= 0.6 is 39.1 Å². The van der Waals surface area contributed by atoms with Gasteiger partial charge in [0.05, 0.1) is 17.2 Å². The van der Waals surface area contributed by atoms with Crippen molar-refractivity contribution in [2.45, 2.75) is 19.8 Å². The Labute approximate surface area is 141 Å². The van der Waals surface area contributed by atoms with Gasteiger partial charge >= 0.3 is 0 Å². The first kappa shape index (κ1) is 16.3. The molecule has 112 valence electrons. The lowest BCUT2D eigenvalue weighted by molar-refractivity contribution is 0.375. The highest BCUT2D eigenvalue weighted by molar-refractivity contribution is 9.10. The molecule has 0 atom stereocenters. The third-order valence-electron chi connectivity index (χ3n) is 2.75. The zero-order valence-electron chi connectivity index (χ0n) is 11.7. The van der Waals surface area contributed by atoms with Crippen LogP contribution in [0, 0.1) is 0 Å². The number of halogens is 3. The van der Waals surface area contributed by atoms with Crippen LogP contribution in [0.15, 0.2) is 22.7 Å². The maximum absolute atomic E-state index is 6.13. The Morgan fingerprint density at radius 1 is 1.10 bits per heavy atom. The number of hydrogen-bond donors (Lipinski definition) is 0. The van der Waals surface area contributed by atoms with E-state index >= 15 is 0 Å². The highest BCUT2D eigenvalue weighted by Gasteiger charge is 2.15. The van der Waals surface area contributed by atoms with Gasteiger partial charge in [0, 0.05) is 16.1 Å². The van der Waals surface area contributed by atoms with Gasteiger partial charge in [0.1, 0.15) is 0 Å². The molecule has 0 spiro atoms. The van der Waals surface area contributed by atoms with E-state index in [0.717, 1.165) is 10.0 Å². The van der Waals surface area contributed by atoms with Crippen molar-refractivity contribution in [1.82, 2.24) is 10.2 Å². The lowest BCUT2D eigenvalue weighted by Gasteiger charge is -2.13. The second kappa shape index (κ2) is 6.81. The number of rotatable bonds is 4. The Bertz CT molecular complexity index is 642. The molecule has 0 aliphatic carbocycles. The zero-order chi connectivity index (χ0) is 15.6. The zero-order valence-corrected chi connectivity index (χ0v) is 14.8. The summed E-state index contributed by atoms with van der Waals surface area (Å²) < 4.78 is 11.6. The molecule has 0 amide bonds. The lowest BCUT2D eigenvalue weighted by Crippen LogP contribution is -2.01. The van der Waals surface area contributed by atoms with Gasteiger partial charge in [-0.15, -0.1) is 10.2 Å². The predicted octanol–water partition coefficient (Wildman–Crippen LogP) is 5.47. The van der Waals surface area contributed by atoms with Gasteiger partial charge in [-0.2, -0.15) is 0 Å². The summed E-state index contributed by atoms with van der Waals surface area (Å²) in [4.78, 5) is 0. The molecule has 0 bridgehead atoms. The Kier molecular flexibility index (Phi) is 5.30. The largest absolute Gasteiger partial charge is 0.480 e. The van der Waals surface area contributed by atoms with Crippen LogP contribution in [0.5, 0.6) is 17.5 Å². The Hall–Kier alpha value is -1.04. The first-order valence-electron chi connectivity index (χ1n) is 6.16. The van der Waals surface area contributed by atoms with Gasteiger partial charge in [0.25, 0.3) is 0 Å². The number of hydrogen-bond acceptors (Lipinski definition) is 4. The van der Waals surface area contributed by atoms with Crippen LogP contribution in [-0.4, -0.2) is 17.3 Å². The van der Waals surface area contributed by atoms with E-state index in [2.05, 4.69) is 26.1 Å². The fourth-order valence-electron chi connectivity index (χ4n) is 1.73. The molecule has 4 nitrogen and oxygen atoms in total. The van der Waals surface area contributed by atoms with E-state index < -0.39 is 0 Å². The summed E-state index contributed by atoms with van der Waals surface area (Å²) in [5.41, 5.74) is 0.895.